The highest BCUT2D eigenvalue weighted by molar-refractivity contribution is 6.32. The van der Waals surface area contributed by atoms with Gasteiger partial charge in [-0.15, -0.1) is 5.10 Å². The first-order chi connectivity index (χ1) is 9.63. The fourth-order valence-corrected chi connectivity index (χ4v) is 1.85. The van der Waals surface area contributed by atoms with Crippen molar-refractivity contribution in [2.24, 2.45) is 0 Å². The lowest BCUT2D eigenvalue weighted by atomic mass is 10.2. The number of nitrogens with zero attached hydrogens (tertiary/aromatic N) is 6. The lowest BCUT2D eigenvalue weighted by molar-refractivity contribution is -0.384. The Morgan fingerprint density at radius 3 is 3.00 bits per heavy atom. The molecular weight excluding hydrogens is 284 g/mol. The van der Waals surface area contributed by atoms with E-state index in [1.165, 1.54) is 16.8 Å². The molecule has 8 nitrogen and oxygen atoms in total. The zero-order chi connectivity index (χ0) is 14.5. The van der Waals surface area contributed by atoms with Crippen LogP contribution < -0.4 is 0 Å². The summed E-state index contributed by atoms with van der Waals surface area (Å²) in [5, 5.41) is 30.6. The second kappa shape index (κ2) is 6.08. The average molecular weight is 293 g/mol. The number of nitro benzene ring substituents is 1. The summed E-state index contributed by atoms with van der Waals surface area (Å²) in [4.78, 5) is 10.3. The molecule has 0 atom stereocenters. The monoisotopic (exact) mass is 292 g/mol. The van der Waals surface area contributed by atoms with Crippen LogP contribution in [0.15, 0.2) is 18.2 Å². The van der Waals surface area contributed by atoms with Gasteiger partial charge in [-0.05, 0) is 29.0 Å². The van der Waals surface area contributed by atoms with Gasteiger partial charge < -0.3 is 0 Å². The van der Waals surface area contributed by atoms with Crippen LogP contribution in [-0.2, 0) is 6.54 Å². The van der Waals surface area contributed by atoms with Gasteiger partial charge in [0.2, 0.25) is 0 Å². The van der Waals surface area contributed by atoms with Gasteiger partial charge in [0.05, 0.1) is 11.0 Å². The summed E-state index contributed by atoms with van der Waals surface area (Å²) in [6.07, 6.45) is 0.990. The number of aromatic nitrogens is 4. The molecule has 9 heteroatoms. The van der Waals surface area contributed by atoms with E-state index in [2.05, 4.69) is 15.5 Å². The molecule has 20 heavy (non-hydrogen) atoms. The van der Waals surface area contributed by atoms with Gasteiger partial charge in [-0.3, -0.25) is 10.1 Å². The maximum atomic E-state index is 10.9. The molecule has 0 saturated heterocycles. The van der Waals surface area contributed by atoms with E-state index in [1.54, 1.807) is 6.07 Å². The summed E-state index contributed by atoms with van der Waals surface area (Å²) in [6.45, 7) is 0.465. The van der Waals surface area contributed by atoms with Crippen LogP contribution in [0.25, 0.3) is 11.4 Å². The fourth-order valence-electron chi connectivity index (χ4n) is 1.66. The molecule has 1 aromatic carbocycles. The van der Waals surface area contributed by atoms with Crippen molar-refractivity contribution in [3.05, 3.63) is 33.3 Å². The Morgan fingerprint density at radius 1 is 1.50 bits per heavy atom. The molecule has 0 aliphatic heterocycles. The second-order valence-corrected chi connectivity index (χ2v) is 4.32. The molecule has 0 aliphatic carbocycles. The Bertz CT molecular complexity index is 678. The SMILES string of the molecule is N#CCCCn1nnnc1-c1ccc(Cl)c([N+](=O)[O-])c1. The van der Waals surface area contributed by atoms with E-state index in [4.69, 9.17) is 16.9 Å². The minimum absolute atomic E-state index is 0.0576. The van der Waals surface area contributed by atoms with Crippen molar-refractivity contribution < 1.29 is 4.92 Å². The first kappa shape index (κ1) is 13.9. The van der Waals surface area contributed by atoms with Gasteiger partial charge in [0.1, 0.15) is 5.02 Å². The predicted molar refractivity (Wildman–Crippen MR) is 69.8 cm³/mol. The summed E-state index contributed by atoms with van der Waals surface area (Å²) in [6, 6.07) is 6.41. The average Bonchev–Trinajstić information content (AvgIpc) is 2.88. The lowest BCUT2D eigenvalue weighted by Crippen LogP contribution is -2.03. The number of nitro groups is 1. The zero-order valence-corrected chi connectivity index (χ0v) is 11.0. The third-order valence-electron chi connectivity index (χ3n) is 2.59. The maximum Gasteiger partial charge on any atom is 0.288 e. The topological polar surface area (TPSA) is 111 Å². The van der Waals surface area contributed by atoms with Crippen LogP contribution in [0.5, 0.6) is 0 Å². The van der Waals surface area contributed by atoms with Crippen LogP contribution in [0.1, 0.15) is 12.8 Å². The number of unbranched alkanes of at least 4 members (excludes halogenated alkanes) is 1. The van der Waals surface area contributed by atoms with Crippen molar-refractivity contribution in [2.45, 2.75) is 19.4 Å². The highest BCUT2D eigenvalue weighted by atomic mass is 35.5. The van der Waals surface area contributed by atoms with Crippen molar-refractivity contribution in [3.63, 3.8) is 0 Å². The Balaban J connectivity index is 2.33. The predicted octanol–water partition coefficient (Wildman–Crippen LogP) is 2.21. The largest absolute Gasteiger partial charge is 0.288 e. The number of aryl methyl sites for hydroxylation is 1. The van der Waals surface area contributed by atoms with E-state index in [0.717, 1.165) is 0 Å². The third kappa shape index (κ3) is 2.89. The van der Waals surface area contributed by atoms with Gasteiger partial charge in [-0.25, -0.2) is 4.68 Å². The van der Waals surface area contributed by atoms with Crippen molar-refractivity contribution in [3.8, 4) is 17.5 Å². The number of benzene rings is 1. The molecule has 1 aromatic heterocycles. The molecule has 2 aromatic rings. The lowest BCUT2D eigenvalue weighted by Gasteiger charge is -2.03. The summed E-state index contributed by atoms with van der Waals surface area (Å²) >= 11 is 5.76. The van der Waals surface area contributed by atoms with Gasteiger partial charge >= 0.3 is 0 Å². The van der Waals surface area contributed by atoms with E-state index < -0.39 is 4.92 Å². The van der Waals surface area contributed by atoms with Crippen LogP contribution >= 0.6 is 11.6 Å². The molecule has 1 heterocycles. The number of hydrogen-bond acceptors (Lipinski definition) is 6. The molecule has 0 aliphatic rings. The smallest absolute Gasteiger partial charge is 0.258 e. The Hall–Kier alpha value is -2.53. The number of nitriles is 1. The van der Waals surface area contributed by atoms with Gasteiger partial charge in [-0.2, -0.15) is 5.26 Å². The molecule has 0 amide bonds. The standard InChI is InChI=1S/C11H9ClN6O2/c12-9-4-3-8(7-10(9)18(19)20)11-14-15-16-17(11)6-2-1-5-13/h3-4,7H,1-2,6H2. The molecule has 0 N–H and O–H groups in total. The fraction of sp³-hybridized carbons (Fsp3) is 0.273. The third-order valence-corrected chi connectivity index (χ3v) is 2.91. The maximum absolute atomic E-state index is 10.9. The van der Waals surface area contributed by atoms with Crippen LogP contribution in [-0.4, -0.2) is 25.1 Å². The van der Waals surface area contributed by atoms with Crippen molar-refractivity contribution in [2.75, 3.05) is 0 Å². The number of halogens is 1. The van der Waals surface area contributed by atoms with Gasteiger partial charge in [-0.1, -0.05) is 11.6 Å². The van der Waals surface area contributed by atoms with E-state index in [-0.39, 0.29) is 10.7 Å². The Labute approximate surface area is 118 Å². The van der Waals surface area contributed by atoms with E-state index in [9.17, 15) is 10.1 Å². The second-order valence-electron chi connectivity index (χ2n) is 3.91. The normalized spacial score (nSPS) is 10.2. The van der Waals surface area contributed by atoms with Gasteiger partial charge in [0.15, 0.2) is 5.82 Å². The first-order valence-corrected chi connectivity index (χ1v) is 6.08. The quantitative estimate of drug-likeness (QED) is 0.474. The summed E-state index contributed by atoms with van der Waals surface area (Å²) < 4.78 is 1.50. The minimum atomic E-state index is -0.560. The molecular formula is C11H9ClN6O2. The molecule has 0 fully saturated rings. The van der Waals surface area contributed by atoms with Crippen molar-refractivity contribution >= 4 is 17.3 Å². The highest BCUT2D eigenvalue weighted by Crippen LogP contribution is 2.29. The van der Waals surface area contributed by atoms with Crippen LogP contribution in [0.4, 0.5) is 5.69 Å². The molecule has 2 rings (SSSR count). The molecule has 0 bridgehead atoms. The molecule has 0 radical (unpaired) electrons. The van der Waals surface area contributed by atoms with E-state index in [1.807, 2.05) is 6.07 Å². The minimum Gasteiger partial charge on any atom is -0.258 e. The molecule has 0 unspecified atom stereocenters. The summed E-state index contributed by atoms with van der Waals surface area (Å²) in [7, 11) is 0. The molecule has 0 saturated carbocycles. The summed E-state index contributed by atoms with van der Waals surface area (Å²) in [5.41, 5.74) is 0.304. The van der Waals surface area contributed by atoms with Crippen LogP contribution in [0.3, 0.4) is 0 Å². The van der Waals surface area contributed by atoms with Crippen molar-refractivity contribution in [1.29, 1.82) is 5.26 Å². The Morgan fingerprint density at radius 2 is 2.30 bits per heavy atom. The molecule has 102 valence electrons. The van der Waals surface area contributed by atoms with Gasteiger partial charge in [0, 0.05) is 24.6 Å². The van der Waals surface area contributed by atoms with Gasteiger partial charge in [0.25, 0.3) is 5.69 Å². The first-order valence-electron chi connectivity index (χ1n) is 5.71. The molecule has 0 spiro atoms. The van der Waals surface area contributed by atoms with E-state index in [0.29, 0.717) is 30.8 Å². The number of rotatable bonds is 5. The Kier molecular flexibility index (Phi) is 4.22. The van der Waals surface area contributed by atoms with Crippen LogP contribution in [0, 0.1) is 21.4 Å². The van der Waals surface area contributed by atoms with Crippen LogP contribution in [0.2, 0.25) is 5.02 Å². The zero-order valence-electron chi connectivity index (χ0n) is 10.2. The summed E-state index contributed by atoms with van der Waals surface area (Å²) in [5.74, 6) is 0.405. The number of hydrogen-bond donors (Lipinski definition) is 0. The highest BCUT2D eigenvalue weighted by Gasteiger charge is 2.16. The van der Waals surface area contributed by atoms with Crippen molar-refractivity contribution in [1.82, 2.24) is 20.2 Å². The number of tetrazole rings is 1. The van der Waals surface area contributed by atoms with E-state index >= 15 is 0 Å².